The Labute approximate surface area is 164 Å². The molecule has 1 rings (SSSR count). The number of rotatable bonds is 0. The van der Waals surface area contributed by atoms with Gasteiger partial charge in [0, 0.05) is 0 Å². The van der Waals surface area contributed by atoms with Crippen molar-refractivity contribution in [2.45, 2.75) is 32.3 Å². The fraction of sp³-hybridized carbons (Fsp3) is 1.00. The Morgan fingerprint density at radius 1 is 0.545 bits per heavy atom. The first-order valence-electron chi connectivity index (χ1n) is 4.40. The molecule has 0 heterocycles. The first-order chi connectivity index (χ1) is 8.93. The summed E-state index contributed by atoms with van der Waals surface area (Å²) in [7, 11) is 0. The van der Waals surface area contributed by atoms with E-state index >= 15 is 0 Å². The maximum atomic E-state index is 8.25. The standard InChI is InChI=1S/C6H6Cl6.Mn.2NO3.H2O/c7-1-2(8)4(10)6(12)5(11)3(1)9;;2*2-1(3)4;/h1-6H;;;;1H2/q;+2;2*-1;/t1-,2-,3-,4+,5+,6+;;;;. The Morgan fingerprint density at radius 3 is 0.636 bits per heavy atom. The van der Waals surface area contributed by atoms with Gasteiger partial charge in [0.1, 0.15) is 0 Å². The van der Waals surface area contributed by atoms with Crippen molar-refractivity contribution >= 4 is 69.6 Å². The van der Waals surface area contributed by atoms with Gasteiger partial charge in [-0.15, -0.1) is 69.6 Å². The summed E-state index contributed by atoms with van der Waals surface area (Å²) < 4.78 is 0. The Hall–Kier alpha value is 0.619. The summed E-state index contributed by atoms with van der Waals surface area (Å²) in [4.78, 5) is 16.5. The van der Waals surface area contributed by atoms with E-state index in [0.717, 1.165) is 0 Å². The fourth-order valence-electron chi connectivity index (χ4n) is 1.05. The van der Waals surface area contributed by atoms with E-state index in [4.69, 9.17) is 100 Å². The molecule has 0 saturated heterocycles. The van der Waals surface area contributed by atoms with Crippen LogP contribution in [0.1, 0.15) is 0 Å². The van der Waals surface area contributed by atoms with Gasteiger partial charge in [0.05, 0.1) is 42.4 Å². The Balaban J connectivity index is -0.000000138. The van der Waals surface area contributed by atoms with Gasteiger partial charge in [0.2, 0.25) is 0 Å². The molecule has 0 aromatic rings. The van der Waals surface area contributed by atoms with Crippen molar-refractivity contribution in [1.29, 1.82) is 0 Å². The van der Waals surface area contributed by atoms with Gasteiger partial charge in [-0.05, 0) is 0 Å². The number of halogens is 6. The summed E-state index contributed by atoms with van der Waals surface area (Å²) in [5, 5.41) is 26.9. The minimum Gasteiger partial charge on any atom is -0.412 e. The molecule has 9 nitrogen and oxygen atoms in total. The molecule has 0 atom stereocenters. The number of hydrogen-bond donors (Lipinski definition) is 0. The summed E-state index contributed by atoms with van der Waals surface area (Å²) in [5.74, 6) is 0. The van der Waals surface area contributed by atoms with Crippen LogP contribution < -0.4 is 0 Å². The maximum Gasteiger partial charge on any atom is 2.00 e. The molecule has 0 aromatic heterocycles. The molecular weight excluding hydrogens is 480 g/mol. The molecule has 22 heavy (non-hydrogen) atoms. The third-order valence-corrected chi connectivity index (χ3v) is 5.86. The van der Waals surface area contributed by atoms with Crippen molar-refractivity contribution in [3.05, 3.63) is 30.6 Å². The Bertz CT molecular complexity index is 253. The van der Waals surface area contributed by atoms with E-state index in [-0.39, 0.29) is 22.5 Å². The fourth-order valence-corrected chi connectivity index (χ4v) is 3.38. The zero-order chi connectivity index (χ0) is 16.6. The first kappa shape index (κ1) is 30.5. The minimum absolute atomic E-state index is 0. The quantitative estimate of drug-likeness (QED) is 0.220. The molecule has 1 fully saturated rings. The largest absolute Gasteiger partial charge is 2.00 e. The summed E-state index contributed by atoms with van der Waals surface area (Å²) in [5.41, 5.74) is 0. The van der Waals surface area contributed by atoms with Crippen molar-refractivity contribution in [3.8, 4) is 0 Å². The molecular formula is C6H8Cl6MnN2O7. The van der Waals surface area contributed by atoms with Crippen LogP contribution >= 0.6 is 69.6 Å². The van der Waals surface area contributed by atoms with Gasteiger partial charge >= 0.3 is 17.1 Å². The smallest absolute Gasteiger partial charge is 0.412 e. The van der Waals surface area contributed by atoms with Crippen LogP contribution in [0.4, 0.5) is 0 Å². The third-order valence-electron chi connectivity index (χ3n) is 1.83. The van der Waals surface area contributed by atoms with Crippen molar-refractivity contribution in [2.75, 3.05) is 0 Å². The SMILES string of the molecule is Cl[C@H]1[C@H](Cl)[C@@H](Cl)[C@@H](Cl)[C@H](Cl)[C@H]1Cl.O.O=[N+]([O-])[O-].O=[N+]([O-])[O-].[Mn+2]. The molecule has 0 aromatic carbocycles. The van der Waals surface area contributed by atoms with Crippen molar-refractivity contribution < 1.29 is 32.7 Å². The van der Waals surface area contributed by atoms with E-state index in [1.54, 1.807) is 0 Å². The molecule has 0 unspecified atom stereocenters. The summed E-state index contributed by atoms with van der Waals surface area (Å²) in [6.07, 6.45) is 0. The molecule has 1 saturated carbocycles. The second-order valence-electron chi connectivity index (χ2n) is 3.11. The van der Waals surface area contributed by atoms with Gasteiger partial charge < -0.3 is 36.1 Å². The molecule has 16 heteroatoms. The summed E-state index contributed by atoms with van der Waals surface area (Å²) >= 11 is 35.3. The second-order valence-corrected chi connectivity index (χ2v) is 6.14. The maximum absolute atomic E-state index is 8.25. The van der Waals surface area contributed by atoms with E-state index in [1.165, 1.54) is 0 Å². The van der Waals surface area contributed by atoms with Crippen molar-refractivity contribution in [2.24, 2.45) is 0 Å². The van der Waals surface area contributed by atoms with Crippen molar-refractivity contribution in [3.63, 3.8) is 0 Å². The Morgan fingerprint density at radius 2 is 0.591 bits per heavy atom. The molecule has 1 aliphatic rings. The van der Waals surface area contributed by atoms with Crippen LogP contribution in [0.15, 0.2) is 0 Å². The molecule has 0 spiro atoms. The van der Waals surface area contributed by atoms with Crippen LogP contribution in [0.5, 0.6) is 0 Å². The number of hydrogen-bond acceptors (Lipinski definition) is 6. The average molecular weight is 488 g/mol. The average Bonchev–Trinajstić information content (AvgIpc) is 2.30. The van der Waals surface area contributed by atoms with E-state index in [0.29, 0.717) is 0 Å². The third kappa shape index (κ3) is 13.1. The van der Waals surface area contributed by atoms with Gasteiger partial charge in [-0.2, -0.15) is 0 Å². The van der Waals surface area contributed by atoms with Gasteiger partial charge in [-0.25, -0.2) is 0 Å². The number of nitrogens with zero attached hydrogens (tertiary/aromatic N) is 2. The zero-order valence-corrected chi connectivity index (χ0v) is 15.7. The molecule has 0 amide bonds. The molecule has 1 radical (unpaired) electrons. The van der Waals surface area contributed by atoms with Crippen LogP contribution in [-0.4, -0.2) is 47.9 Å². The van der Waals surface area contributed by atoms with E-state index in [1.807, 2.05) is 0 Å². The molecule has 133 valence electrons. The van der Waals surface area contributed by atoms with Crippen LogP contribution in [0.25, 0.3) is 0 Å². The van der Waals surface area contributed by atoms with Crippen LogP contribution in [-0.2, 0) is 17.1 Å². The topological polar surface area (TPSA) is 164 Å². The Kier molecular flexibility index (Phi) is 21.0. The van der Waals surface area contributed by atoms with E-state index in [9.17, 15) is 0 Å². The van der Waals surface area contributed by atoms with Gasteiger partial charge in [0.25, 0.3) is 0 Å². The normalized spacial score (nSPS) is 32.5. The first-order valence-corrected chi connectivity index (χ1v) is 7.02. The van der Waals surface area contributed by atoms with E-state index < -0.39 is 42.4 Å². The van der Waals surface area contributed by atoms with Crippen LogP contribution in [0.2, 0.25) is 0 Å². The van der Waals surface area contributed by atoms with Crippen LogP contribution in [0, 0.1) is 30.6 Å². The predicted octanol–water partition coefficient (Wildman–Crippen LogP) is 2.34. The minimum atomic E-state index is -1.75. The van der Waals surface area contributed by atoms with Crippen molar-refractivity contribution in [1.82, 2.24) is 0 Å². The molecule has 2 N–H and O–H groups in total. The van der Waals surface area contributed by atoms with Gasteiger partial charge in [-0.1, -0.05) is 0 Å². The summed E-state index contributed by atoms with van der Waals surface area (Å²) in [6, 6.07) is 0. The second kappa shape index (κ2) is 15.2. The van der Waals surface area contributed by atoms with E-state index in [2.05, 4.69) is 0 Å². The van der Waals surface area contributed by atoms with Gasteiger partial charge in [-0.3, -0.25) is 0 Å². The number of alkyl halides is 6. The van der Waals surface area contributed by atoms with Gasteiger partial charge in [0.15, 0.2) is 0 Å². The molecule has 1 aliphatic carbocycles. The predicted molar refractivity (Wildman–Crippen MR) is 82.2 cm³/mol. The zero-order valence-electron chi connectivity index (χ0n) is 9.95. The summed E-state index contributed by atoms with van der Waals surface area (Å²) in [6.45, 7) is 0. The molecule has 0 aliphatic heterocycles. The monoisotopic (exact) mass is 485 g/mol. The van der Waals surface area contributed by atoms with Crippen LogP contribution in [0.3, 0.4) is 0 Å². The molecule has 0 bridgehead atoms.